The van der Waals surface area contributed by atoms with E-state index >= 15 is 0 Å². The maximum Gasteiger partial charge on any atom is 0.227 e. The number of carbonyl (C=O) groups excluding carboxylic acids is 2. The summed E-state index contributed by atoms with van der Waals surface area (Å²) in [6.07, 6.45) is 3.87. The van der Waals surface area contributed by atoms with Crippen LogP contribution in [0.5, 0.6) is 5.75 Å². The van der Waals surface area contributed by atoms with E-state index < -0.39 is 0 Å². The lowest BCUT2D eigenvalue weighted by atomic mass is 10.0. The standard InChI is InChI=1S/C21H22N4O3/c1-14(26)15-8-9-18(28-2)16(12-15)13-20(27)24-11-5-6-17(24)21-23-22-19-7-3-4-10-25(19)21/h3-4,7-10,12,17H,5-6,11,13H2,1-2H3. The summed E-state index contributed by atoms with van der Waals surface area (Å²) in [6, 6.07) is 10.8. The Morgan fingerprint density at radius 3 is 2.86 bits per heavy atom. The minimum Gasteiger partial charge on any atom is -0.496 e. The van der Waals surface area contributed by atoms with E-state index in [0.717, 1.165) is 29.9 Å². The highest BCUT2D eigenvalue weighted by molar-refractivity contribution is 5.94. The molecule has 2 aromatic heterocycles. The summed E-state index contributed by atoms with van der Waals surface area (Å²) < 4.78 is 7.33. The normalized spacial score (nSPS) is 16.5. The third-order valence-corrected chi connectivity index (χ3v) is 5.24. The lowest BCUT2D eigenvalue weighted by molar-refractivity contribution is -0.131. The SMILES string of the molecule is COc1ccc(C(C)=O)cc1CC(=O)N1CCCC1c1nnc2ccccn12. The molecule has 7 heteroatoms. The summed E-state index contributed by atoms with van der Waals surface area (Å²) in [6.45, 7) is 2.19. The first-order chi connectivity index (χ1) is 13.6. The third-order valence-electron chi connectivity index (χ3n) is 5.24. The van der Waals surface area contributed by atoms with Gasteiger partial charge in [0, 0.05) is 23.9 Å². The van der Waals surface area contributed by atoms with Gasteiger partial charge in [-0.2, -0.15) is 0 Å². The highest BCUT2D eigenvalue weighted by atomic mass is 16.5. The van der Waals surface area contributed by atoms with Gasteiger partial charge in [-0.15, -0.1) is 10.2 Å². The minimum absolute atomic E-state index is 0.00539. The van der Waals surface area contributed by atoms with Gasteiger partial charge < -0.3 is 9.64 Å². The molecule has 1 unspecified atom stereocenters. The Hall–Kier alpha value is -3.22. The number of hydrogen-bond acceptors (Lipinski definition) is 5. The third kappa shape index (κ3) is 3.24. The van der Waals surface area contributed by atoms with Crippen molar-refractivity contribution < 1.29 is 14.3 Å². The van der Waals surface area contributed by atoms with Gasteiger partial charge in [0.15, 0.2) is 17.3 Å². The van der Waals surface area contributed by atoms with E-state index in [1.807, 2.05) is 33.7 Å². The fourth-order valence-corrected chi connectivity index (χ4v) is 3.82. The van der Waals surface area contributed by atoms with Gasteiger partial charge in [-0.05, 0) is 50.1 Å². The monoisotopic (exact) mass is 378 g/mol. The van der Waals surface area contributed by atoms with Crippen LogP contribution < -0.4 is 4.74 Å². The van der Waals surface area contributed by atoms with Gasteiger partial charge in [0.1, 0.15) is 5.75 Å². The summed E-state index contributed by atoms with van der Waals surface area (Å²) in [5.74, 6) is 1.35. The topological polar surface area (TPSA) is 76.8 Å². The number of nitrogens with zero attached hydrogens (tertiary/aromatic N) is 4. The van der Waals surface area contributed by atoms with Gasteiger partial charge in [0.25, 0.3) is 0 Å². The van der Waals surface area contributed by atoms with E-state index in [0.29, 0.717) is 17.9 Å². The lowest BCUT2D eigenvalue weighted by Crippen LogP contribution is -2.32. The van der Waals surface area contributed by atoms with Crippen molar-refractivity contribution in [3.8, 4) is 5.75 Å². The van der Waals surface area contributed by atoms with Crippen molar-refractivity contribution in [1.82, 2.24) is 19.5 Å². The molecule has 0 bridgehead atoms. The van der Waals surface area contributed by atoms with Gasteiger partial charge in [-0.1, -0.05) is 6.07 Å². The molecule has 0 spiro atoms. The molecule has 1 atom stereocenters. The second kappa shape index (κ2) is 7.42. The molecule has 0 radical (unpaired) electrons. The number of benzene rings is 1. The van der Waals surface area contributed by atoms with E-state index in [1.165, 1.54) is 6.92 Å². The van der Waals surface area contributed by atoms with E-state index in [9.17, 15) is 9.59 Å². The van der Waals surface area contributed by atoms with Crippen LogP contribution in [-0.4, -0.2) is 44.8 Å². The first-order valence-corrected chi connectivity index (χ1v) is 9.35. The largest absolute Gasteiger partial charge is 0.496 e. The quantitative estimate of drug-likeness (QED) is 0.638. The molecular weight excluding hydrogens is 356 g/mol. The number of rotatable bonds is 5. The molecule has 1 aliphatic rings. The van der Waals surface area contributed by atoms with E-state index in [2.05, 4.69) is 10.2 Å². The molecule has 4 rings (SSSR count). The lowest BCUT2D eigenvalue weighted by Gasteiger charge is -2.24. The van der Waals surface area contributed by atoms with Crippen LogP contribution >= 0.6 is 0 Å². The minimum atomic E-state index is -0.105. The molecule has 0 aliphatic carbocycles. The molecule has 3 heterocycles. The fourth-order valence-electron chi connectivity index (χ4n) is 3.82. The van der Waals surface area contributed by atoms with Crippen molar-refractivity contribution in [2.45, 2.75) is 32.2 Å². The Balaban J connectivity index is 1.61. The number of ether oxygens (including phenoxy) is 1. The molecule has 1 amide bonds. The van der Waals surface area contributed by atoms with Gasteiger partial charge in [0.2, 0.25) is 5.91 Å². The van der Waals surface area contributed by atoms with Crippen molar-refractivity contribution in [2.24, 2.45) is 0 Å². The Morgan fingerprint density at radius 1 is 1.21 bits per heavy atom. The first-order valence-electron chi connectivity index (χ1n) is 9.35. The number of amides is 1. The Labute approximate surface area is 162 Å². The number of carbonyl (C=O) groups is 2. The van der Waals surface area contributed by atoms with Crippen molar-refractivity contribution in [2.75, 3.05) is 13.7 Å². The summed E-state index contributed by atoms with van der Waals surface area (Å²) in [5.41, 5.74) is 2.06. The molecule has 3 aromatic rings. The van der Waals surface area contributed by atoms with Crippen LogP contribution in [0.2, 0.25) is 0 Å². The number of pyridine rings is 1. The number of ketones is 1. The summed E-state index contributed by atoms with van der Waals surface area (Å²) in [5, 5.41) is 8.55. The van der Waals surface area contributed by atoms with Gasteiger partial charge >= 0.3 is 0 Å². The van der Waals surface area contributed by atoms with Gasteiger partial charge in [-0.3, -0.25) is 14.0 Å². The zero-order valence-electron chi connectivity index (χ0n) is 16.0. The number of likely N-dealkylation sites (tertiary alicyclic amines) is 1. The molecule has 1 aromatic carbocycles. The van der Waals surface area contributed by atoms with Crippen LogP contribution in [0, 0.1) is 0 Å². The zero-order valence-corrected chi connectivity index (χ0v) is 16.0. The number of methoxy groups -OCH3 is 1. The highest BCUT2D eigenvalue weighted by Crippen LogP contribution is 2.32. The molecule has 0 saturated carbocycles. The van der Waals surface area contributed by atoms with Crippen molar-refractivity contribution in [3.05, 3.63) is 59.5 Å². The highest BCUT2D eigenvalue weighted by Gasteiger charge is 2.33. The van der Waals surface area contributed by atoms with Gasteiger partial charge in [-0.25, -0.2) is 0 Å². The van der Waals surface area contributed by atoms with Crippen LogP contribution in [-0.2, 0) is 11.2 Å². The Kier molecular flexibility index (Phi) is 4.81. The molecule has 0 N–H and O–H groups in total. The average molecular weight is 378 g/mol. The molecule has 1 saturated heterocycles. The summed E-state index contributed by atoms with van der Waals surface area (Å²) >= 11 is 0. The molecule has 1 aliphatic heterocycles. The summed E-state index contributed by atoms with van der Waals surface area (Å²) in [7, 11) is 1.57. The second-order valence-corrected chi connectivity index (χ2v) is 6.99. The van der Waals surface area contributed by atoms with Crippen LogP contribution in [0.3, 0.4) is 0 Å². The fraction of sp³-hybridized carbons (Fsp3) is 0.333. The molecule has 7 nitrogen and oxygen atoms in total. The number of hydrogen-bond donors (Lipinski definition) is 0. The van der Waals surface area contributed by atoms with Gasteiger partial charge in [0.05, 0.1) is 19.6 Å². The smallest absolute Gasteiger partial charge is 0.227 e. The maximum atomic E-state index is 13.1. The van der Waals surface area contributed by atoms with Crippen LogP contribution in [0.4, 0.5) is 0 Å². The van der Waals surface area contributed by atoms with Crippen molar-refractivity contribution in [3.63, 3.8) is 0 Å². The molecule has 1 fully saturated rings. The molecule has 144 valence electrons. The maximum absolute atomic E-state index is 13.1. The van der Waals surface area contributed by atoms with Crippen molar-refractivity contribution >= 4 is 17.3 Å². The van der Waals surface area contributed by atoms with Crippen LogP contribution in [0.15, 0.2) is 42.6 Å². The van der Waals surface area contributed by atoms with Crippen LogP contribution in [0.1, 0.15) is 47.6 Å². The zero-order chi connectivity index (χ0) is 19.7. The Morgan fingerprint density at radius 2 is 2.07 bits per heavy atom. The second-order valence-electron chi connectivity index (χ2n) is 6.99. The number of aromatic nitrogens is 3. The Bertz CT molecular complexity index is 1040. The van der Waals surface area contributed by atoms with Crippen LogP contribution in [0.25, 0.3) is 5.65 Å². The van der Waals surface area contributed by atoms with E-state index in [1.54, 1.807) is 25.3 Å². The first kappa shape index (κ1) is 18.2. The number of Topliss-reactive ketones (excluding diaryl/α,β-unsaturated/α-hetero) is 1. The number of fused-ring (bicyclic) bond motifs is 1. The molecule has 28 heavy (non-hydrogen) atoms. The predicted octanol–water partition coefficient (Wildman–Crippen LogP) is 2.85. The summed E-state index contributed by atoms with van der Waals surface area (Å²) in [4.78, 5) is 26.7. The molecular formula is C21H22N4O3. The predicted molar refractivity (Wildman–Crippen MR) is 103 cm³/mol. The average Bonchev–Trinajstić information content (AvgIpc) is 3.34. The van der Waals surface area contributed by atoms with E-state index in [4.69, 9.17) is 4.74 Å². The van der Waals surface area contributed by atoms with E-state index in [-0.39, 0.29) is 24.2 Å². The van der Waals surface area contributed by atoms with Crippen molar-refractivity contribution in [1.29, 1.82) is 0 Å².